The molecule has 0 aliphatic heterocycles. The fourth-order valence-electron chi connectivity index (χ4n) is 10.5. The van der Waals surface area contributed by atoms with Gasteiger partial charge in [-0.05, 0) is 91.3 Å². The number of fused-ring (bicyclic) bond motifs is 7. The van der Waals surface area contributed by atoms with Crippen molar-refractivity contribution in [1.29, 1.82) is 0 Å². The van der Waals surface area contributed by atoms with Crippen molar-refractivity contribution in [2.45, 2.75) is 119 Å². The van der Waals surface area contributed by atoms with Gasteiger partial charge in [0, 0.05) is 12.3 Å². The average molecular weight is 511 g/mol. The van der Waals surface area contributed by atoms with E-state index >= 15 is 0 Å². The van der Waals surface area contributed by atoms with Crippen molar-refractivity contribution < 1.29 is 19.1 Å². The Morgan fingerprint density at radius 1 is 0.838 bits per heavy atom. The molecule has 0 spiro atoms. The SMILES string of the molecule is COC(=O)[C@]12CCC(C)(C)C[C@@H]1C1=CC=C3[C@@]4(C)CC[C@H](OC(C)=O)C(C)(C)[C@@H]4CC[C@@]3(C)[C@]1(C)CC2. The molecule has 0 amide bonds. The molecule has 4 heteroatoms. The van der Waals surface area contributed by atoms with Crippen LogP contribution in [0.25, 0.3) is 0 Å². The Hall–Kier alpha value is -1.58. The molecule has 206 valence electrons. The third-order valence-electron chi connectivity index (χ3n) is 12.9. The van der Waals surface area contributed by atoms with Gasteiger partial charge in [-0.1, -0.05) is 71.8 Å². The number of allylic oxidation sites excluding steroid dienone is 4. The minimum atomic E-state index is -0.373. The monoisotopic (exact) mass is 510 g/mol. The largest absolute Gasteiger partial charge is 0.469 e. The molecule has 0 bridgehead atoms. The van der Waals surface area contributed by atoms with Crippen LogP contribution in [0.3, 0.4) is 0 Å². The molecule has 0 N–H and O–H groups in total. The molecule has 0 saturated heterocycles. The lowest BCUT2D eigenvalue weighted by Gasteiger charge is -2.68. The molecule has 0 aromatic rings. The molecular formula is C33H50O4. The number of carbonyl (C=O) groups is 2. The fourth-order valence-corrected chi connectivity index (χ4v) is 10.5. The van der Waals surface area contributed by atoms with Crippen molar-refractivity contribution in [2.75, 3.05) is 7.11 Å². The summed E-state index contributed by atoms with van der Waals surface area (Å²) in [5.74, 6) is 0.573. The molecule has 0 aromatic heterocycles. The predicted octanol–water partition coefficient (Wildman–Crippen LogP) is 7.81. The van der Waals surface area contributed by atoms with Gasteiger partial charge in [0.15, 0.2) is 0 Å². The molecule has 0 heterocycles. The van der Waals surface area contributed by atoms with Crippen LogP contribution >= 0.6 is 0 Å². The van der Waals surface area contributed by atoms with Crippen LogP contribution in [-0.2, 0) is 19.1 Å². The molecule has 37 heavy (non-hydrogen) atoms. The Labute approximate surface area is 225 Å². The summed E-state index contributed by atoms with van der Waals surface area (Å²) in [6.45, 7) is 18.5. The molecule has 0 aromatic carbocycles. The second kappa shape index (κ2) is 8.21. The molecule has 0 radical (unpaired) electrons. The van der Waals surface area contributed by atoms with Crippen LogP contribution in [0.4, 0.5) is 0 Å². The van der Waals surface area contributed by atoms with E-state index in [9.17, 15) is 9.59 Å². The first-order chi connectivity index (χ1) is 17.1. The number of hydrogen-bond donors (Lipinski definition) is 0. The van der Waals surface area contributed by atoms with E-state index in [0.717, 1.165) is 57.8 Å². The first-order valence-corrected chi connectivity index (χ1v) is 14.8. The highest BCUT2D eigenvalue weighted by Gasteiger charge is 2.67. The van der Waals surface area contributed by atoms with Crippen LogP contribution in [-0.4, -0.2) is 25.2 Å². The van der Waals surface area contributed by atoms with Crippen LogP contribution in [0.15, 0.2) is 23.3 Å². The molecule has 0 unspecified atom stereocenters. The van der Waals surface area contributed by atoms with E-state index in [4.69, 9.17) is 9.47 Å². The number of hydrogen-bond acceptors (Lipinski definition) is 4. The van der Waals surface area contributed by atoms with Crippen molar-refractivity contribution in [3.05, 3.63) is 23.3 Å². The standard InChI is InChI=1S/C33H50O4/c1-21(34)37-26-13-14-30(6)24(29(26,4)5)12-15-32(8)25(30)11-10-22-23-20-28(2,3)16-18-33(23,27(35)36-9)19-17-31(22,32)7/h10-11,23-24,26H,12-20H2,1-9H3/t23-,24+,26+,30+,31-,32-,33+/m1/s1. The lowest BCUT2D eigenvalue weighted by Crippen LogP contribution is -2.62. The topological polar surface area (TPSA) is 52.6 Å². The molecular weight excluding hydrogens is 460 g/mol. The quantitative estimate of drug-likeness (QED) is 0.355. The zero-order valence-electron chi connectivity index (χ0n) is 24.9. The van der Waals surface area contributed by atoms with Gasteiger partial charge in [-0.3, -0.25) is 9.59 Å². The summed E-state index contributed by atoms with van der Waals surface area (Å²) in [4.78, 5) is 25.3. The summed E-state index contributed by atoms with van der Waals surface area (Å²) in [6.07, 6.45) is 14.2. The number of ether oxygens (including phenoxy) is 2. The zero-order chi connectivity index (χ0) is 27.2. The van der Waals surface area contributed by atoms with Crippen LogP contribution in [0.2, 0.25) is 0 Å². The van der Waals surface area contributed by atoms with Crippen molar-refractivity contribution in [3.8, 4) is 0 Å². The fraction of sp³-hybridized carbons (Fsp3) is 0.818. The van der Waals surface area contributed by atoms with Gasteiger partial charge in [0.2, 0.25) is 0 Å². The van der Waals surface area contributed by atoms with Gasteiger partial charge in [0.25, 0.3) is 0 Å². The summed E-state index contributed by atoms with van der Waals surface area (Å²) in [7, 11) is 1.58. The maximum atomic E-state index is 13.4. The molecule has 5 aliphatic carbocycles. The first kappa shape index (κ1) is 27.0. The highest BCUT2D eigenvalue weighted by molar-refractivity contribution is 5.78. The number of esters is 2. The number of carbonyl (C=O) groups excluding carboxylic acids is 2. The second-order valence-corrected chi connectivity index (χ2v) is 15.4. The van der Waals surface area contributed by atoms with Gasteiger partial charge < -0.3 is 9.47 Å². The van der Waals surface area contributed by atoms with Gasteiger partial charge >= 0.3 is 11.9 Å². The lowest BCUT2D eigenvalue weighted by molar-refractivity contribution is -0.174. The summed E-state index contributed by atoms with van der Waals surface area (Å²) in [6, 6.07) is 0. The molecule has 4 nitrogen and oxygen atoms in total. The number of methoxy groups -OCH3 is 1. The minimum Gasteiger partial charge on any atom is -0.469 e. The van der Waals surface area contributed by atoms with Gasteiger partial charge in [-0.15, -0.1) is 0 Å². The van der Waals surface area contributed by atoms with Crippen molar-refractivity contribution in [2.24, 2.45) is 44.3 Å². The van der Waals surface area contributed by atoms with E-state index in [-0.39, 0.29) is 56.5 Å². The van der Waals surface area contributed by atoms with E-state index in [2.05, 4.69) is 60.6 Å². The maximum absolute atomic E-state index is 13.4. The summed E-state index contributed by atoms with van der Waals surface area (Å²) in [5.41, 5.74) is 3.11. The van der Waals surface area contributed by atoms with E-state index < -0.39 is 0 Å². The normalized spacial score (nSPS) is 45.6. The lowest BCUT2D eigenvalue weighted by atomic mass is 9.36. The second-order valence-electron chi connectivity index (χ2n) is 15.4. The Balaban J connectivity index is 1.60. The summed E-state index contributed by atoms with van der Waals surface area (Å²) < 4.78 is 11.4. The molecule has 4 saturated carbocycles. The Morgan fingerprint density at radius 2 is 1.51 bits per heavy atom. The van der Waals surface area contributed by atoms with Gasteiger partial charge in [0.1, 0.15) is 6.10 Å². The Kier molecular flexibility index (Phi) is 5.99. The van der Waals surface area contributed by atoms with Crippen LogP contribution < -0.4 is 0 Å². The third-order valence-corrected chi connectivity index (χ3v) is 12.9. The van der Waals surface area contributed by atoms with E-state index in [1.54, 1.807) is 19.6 Å². The third kappa shape index (κ3) is 3.52. The predicted molar refractivity (Wildman–Crippen MR) is 147 cm³/mol. The van der Waals surface area contributed by atoms with Crippen molar-refractivity contribution >= 4 is 11.9 Å². The molecule has 5 aliphatic rings. The molecule has 4 fully saturated rings. The first-order valence-electron chi connectivity index (χ1n) is 14.8. The van der Waals surface area contributed by atoms with E-state index in [0.29, 0.717) is 5.92 Å². The van der Waals surface area contributed by atoms with Crippen LogP contribution in [0.5, 0.6) is 0 Å². The maximum Gasteiger partial charge on any atom is 0.312 e. The van der Waals surface area contributed by atoms with E-state index in [1.807, 2.05) is 0 Å². The van der Waals surface area contributed by atoms with E-state index in [1.165, 1.54) is 5.57 Å². The Morgan fingerprint density at radius 3 is 2.16 bits per heavy atom. The summed E-state index contributed by atoms with van der Waals surface area (Å²) in [5, 5.41) is 0. The van der Waals surface area contributed by atoms with Crippen LogP contribution in [0, 0.1) is 44.3 Å². The van der Waals surface area contributed by atoms with Gasteiger partial charge in [-0.2, -0.15) is 0 Å². The molecule has 5 rings (SSSR count). The summed E-state index contributed by atoms with van der Waals surface area (Å²) >= 11 is 0. The number of rotatable bonds is 2. The van der Waals surface area contributed by atoms with Crippen molar-refractivity contribution in [3.63, 3.8) is 0 Å². The highest BCUT2D eigenvalue weighted by atomic mass is 16.5. The zero-order valence-corrected chi connectivity index (χ0v) is 24.9. The highest BCUT2D eigenvalue weighted by Crippen LogP contribution is 2.74. The minimum absolute atomic E-state index is 0.0112. The Bertz CT molecular complexity index is 1060. The van der Waals surface area contributed by atoms with Gasteiger partial charge in [-0.25, -0.2) is 0 Å². The van der Waals surface area contributed by atoms with Crippen molar-refractivity contribution in [1.82, 2.24) is 0 Å². The average Bonchev–Trinajstić information content (AvgIpc) is 2.80. The smallest absolute Gasteiger partial charge is 0.312 e. The van der Waals surface area contributed by atoms with Gasteiger partial charge in [0.05, 0.1) is 12.5 Å². The van der Waals surface area contributed by atoms with Crippen LogP contribution in [0.1, 0.15) is 113 Å². The molecule has 7 atom stereocenters.